The minimum Gasteiger partial charge on any atom is -0.392 e. The Morgan fingerprint density at radius 2 is 2.46 bits per heavy atom. The van der Waals surface area contributed by atoms with E-state index < -0.39 is 0 Å². The largest absolute Gasteiger partial charge is 0.392 e. The van der Waals surface area contributed by atoms with Gasteiger partial charge >= 0.3 is 0 Å². The van der Waals surface area contributed by atoms with Crippen molar-refractivity contribution in [1.29, 1.82) is 0 Å². The molecule has 1 aliphatic heterocycles. The SMILES string of the molecule is OCC1CC(c2ccccn2)=NO1. The van der Waals surface area contributed by atoms with Gasteiger partial charge in [-0.05, 0) is 12.1 Å². The van der Waals surface area contributed by atoms with E-state index in [-0.39, 0.29) is 12.7 Å². The number of pyridine rings is 1. The summed E-state index contributed by atoms with van der Waals surface area (Å²) in [6.45, 7) is -0.000165. The molecule has 1 aliphatic rings. The minimum atomic E-state index is -0.197. The van der Waals surface area contributed by atoms with E-state index in [2.05, 4.69) is 10.1 Å². The molecule has 2 heterocycles. The normalized spacial score (nSPS) is 21.0. The van der Waals surface area contributed by atoms with Crippen LogP contribution in [0.1, 0.15) is 12.1 Å². The first-order valence-electron chi connectivity index (χ1n) is 4.15. The Morgan fingerprint density at radius 1 is 1.54 bits per heavy atom. The number of aliphatic hydroxyl groups is 1. The molecule has 1 atom stereocenters. The van der Waals surface area contributed by atoms with Crippen LogP contribution >= 0.6 is 0 Å². The van der Waals surface area contributed by atoms with E-state index in [9.17, 15) is 0 Å². The lowest BCUT2D eigenvalue weighted by atomic mass is 10.1. The van der Waals surface area contributed by atoms with Crippen LogP contribution in [0.2, 0.25) is 0 Å². The van der Waals surface area contributed by atoms with Crippen LogP contribution in [0.5, 0.6) is 0 Å². The zero-order chi connectivity index (χ0) is 9.10. The third-order valence-corrected chi connectivity index (χ3v) is 1.90. The molecule has 0 fully saturated rings. The fourth-order valence-corrected chi connectivity index (χ4v) is 1.21. The third kappa shape index (κ3) is 1.67. The van der Waals surface area contributed by atoms with E-state index in [1.165, 1.54) is 0 Å². The molecule has 2 rings (SSSR count). The number of aliphatic hydroxyl groups excluding tert-OH is 1. The Bertz CT molecular complexity index is 311. The van der Waals surface area contributed by atoms with Crippen molar-refractivity contribution in [3.8, 4) is 0 Å². The first-order valence-corrected chi connectivity index (χ1v) is 4.15. The van der Waals surface area contributed by atoms with Crippen molar-refractivity contribution in [2.45, 2.75) is 12.5 Å². The Labute approximate surface area is 75.9 Å². The van der Waals surface area contributed by atoms with Crippen molar-refractivity contribution >= 4 is 5.71 Å². The zero-order valence-electron chi connectivity index (χ0n) is 7.05. The van der Waals surface area contributed by atoms with E-state index in [1.54, 1.807) is 6.20 Å². The summed E-state index contributed by atoms with van der Waals surface area (Å²) in [5.41, 5.74) is 1.62. The molecular weight excluding hydrogens is 168 g/mol. The van der Waals surface area contributed by atoms with Crippen LogP contribution in [0.3, 0.4) is 0 Å². The molecule has 0 amide bonds. The number of oxime groups is 1. The molecule has 13 heavy (non-hydrogen) atoms. The first kappa shape index (κ1) is 8.19. The van der Waals surface area contributed by atoms with Crippen molar-refractivity contribution in [3.05, 3.63) is 30.1 Å². The number of aromatic nitrogens is 1. The summed E-state index contributed by atoms with van der Waals surface area (Å²) in [6, 6.07) is 5.63. The summed E-state index contributed by atoms with van der Waals surface area (Å²) >= 11 is 0. The van der Waals surface area contributed by atoms with E-state index in [0.29, 0.717) is 6.42 Å². The van der Waals surface area contributed by atoms with Gasteiger partial charge in [0.25, 0.3) is 0 Å². The summed E-state index contributed by atoms with van der Waals surface area (Å²) in [5.74, 6) is 0. The zero-order valence-corrected chi connectivity index (χ0v) is 7.05. The number of hydrogen-bond donors (Lipinski definition) is 1. The second kappa shape index (κ2) is 3.53. The van der Waals surface area contributed by atoms with Gasteiger partial charge in [0, 0.05) is 12.6 Å². The number of hydrogen-bond acceptors (Lipinski definition) is 4. The quantitative estimate of drug-likeness (QED) is 0.720. The molecule has 0 spiro atoms. The van der Waals surface area contributed by atoms with E-state index >= 15 is 0 Å². The van der Waals surface area contributed by atoms with Gasteiger partial charge in [0.05, 0.1) is 12.3 Å². The smallest absolute Gasteiger partial charge is 0.156 e. The Kier molecular flexibility index (Phi) is 2.23. The van der Waals surface area contributed by atoms with E-state index in [0.717, 1.165) is 11.4 Å². The summed E-state index contributed by atoms with van der Waals surface area (Å²) in [4.78, 5) is 9.10. The second-order valence-corrected chi connectivity index (χ2v) is 2.87. The average Bonchev–Trinajstić information content (AvgIpc) is 2.67. The van der Waals surface area contributed by atoms with Crippen molar-refractivity contribution in [1.82, 2.24) is 4.98 Å². The van der Waals surface area contributed by atoms with Gasteiger partial charge in [-0.2, -0.15) is 0 Å². The molecule has 0 aliphatic carbocycles. The van der Waals surface area contributed by atoms with Crippen LogP contribution in [0.25, 0.3) is 0 Å². The molecule has 0 aromatic carbocycles. The highest BCUT2D eigenvalue weighted by Gasteiger charge is 2.21. The summed E-state index contributed by atoms with van der Waals surface area (Å²) < 4.78 is 0. The van der Waals surface area contributed by atoms with Crippen molar-refractivity contribution in [2.75, 3.05) is 6.61 Å². The molecule has 1 N–H and O–H groups in total. The maximum absolute atomic E-state index is 8.81. The highest BCUT2D eigenvalue weighted by Crippen LogP contribution is 2.14. The van der Waals surface area contributed by atoms with Crippen LogP contribution in [0, 0.1) is 0 Å². The first-order chi connectivity index (χ1) is 6.40. The lowest BCUT2D eigenvalue weighted by Crippen LogP contribution is -2.13. The Balaban J connectivity index is 2.12. The molecule has 0 saturated heterocycles. The van der Waals surface area contributed by atoms with Crippen molar-refractivity contribution in [3.63, 3.8) is 0 Å². The molecule has 4 nitrogen and oxygen atoms in total. The summed E-state index contributed by atoms with van der Waals surface area (Å²) in [6.07, 6.45) is 2.15. The van der Waals surface area contributed by atoms with E-state index in [4.69, 9.17) is 9.94 Å². The van der Waals surface area contributed by atoms with Crippen LogP contribution in [-0.2, 0) is 4.84 Å². The number of rotatable bonds is 2. The molecular formula is C9H10N2O2. The van der Waals surface area contributed by atoms with Gasteiger partial charge in [-0.3, -0.25) is 4.98 Å². The summed E-state index contributed by atoms with van der Waals surface area (Å²) in [7, 11) is 0. The lowest BCUT2D eigenvalue weighted by Gasteiger charge is -2.00. The number of nitrogens with zero attached hydrogens (tertiary/aromatic N) is 2. The molecule has 1 aromatic rings. The van der Waals surface area contributed by atoms with Crippen LogP contribution in [-0.4, -0.2) is 28.5 Å². The van der Waals surface area contributed by atoms with Gasteiger partial charge in [0.2, 0.25) is 0 Å². The van der Waals surface area contributed by atoms with Gasteiger partial charge < -0.3 is 9.94 Å². The fourth-order valence-electron chi connectivity index (χ4n) is 1.21. The Hall–Kier alpha value is -1.42. The monoisotopic (exact) mass is 178 g/mol. The van der Waals surface area contributed by atoms with Gasteiger partial charge in [-0.25, -0.2) is 0 Å². The lowest BCUT2D eigenvalue weighted by molar-refractivity contribution is 0.0390. The highest BCUT2D eigenvalue weighted by atomic mass is 16.6. The maximum atomic E-state index is 8.81. The van der Waals surface area contributed by atoms with Crippen LogP contribution in [0.4, 0.5) is 0 Å². The molecule has 68 valence electrons. The molecule has 1 aromatic heterocycles. The molecule has 1 unspecified atom stereocenters. The standard InChI is InChI=1S/C9H10N2O2/c12-6-7-5-9(11-13-7)8-3-1-2-4-10-8/h1-4,7,12H,5-6H2. The predicted molar refractivity (Wildman–Crippen MR) is 47.3 cm³/mol. The second-order valence-electron chi connectivity index (χ2n) is 2.87. The average molecular weight is 178 g/mol. The van der Waals surface area contributed by atoms with Crippen LogP contribution in [0.15, 0.2) is 29.6 Å². The topological polar surface area (TPSA) is 54.7 Å². The summed E-state index contributed by atoms with van der Waals surface area (Å²) in [5, 5.41) is 12.7. The van der Waals surface area contributed by atoms with Gasteiger partial charge in [-0.15, -0.1) is 0 Å². The third-order valence-electron chi connectivity index (χ3n) is 1.90. The maximum Gasteiger partial charge on any atom is 0.156 e. The highest BCUT2D eigenvalue weighted by molar-refractivity contribution is 5.99. The van der Waals surface area contributed by atoms with Gasteiger partial charge in [0.15, 0.2) is 6.10 Å². The van der Waals surface area contributed by atoms with Crippen molar-refractivity contribution in [2.24, 2.45) is 5.16 Å². The molecule has 0 saturated carbocycles. The molecule has 4 heteroatoms. The fraction of sp³-hybridized carbons (Fsp3) is 0.333. The van der Waals surface area contributed by atoms with Gasteiger partial charge in [-0.1, -0.05) is 11.2 Å². The molecule has 0 radical (unpaired) electrons. The minimum absolute atomic E-state index is 0.000165. The van der Waals surface area contributed by atoms with Crippen LogP contribution < -0.4 is 0 Å². The molecule has 0 bridgehead atoms. The Morgan fingerprint density at radius 3 is 3.08 bits per heavy atom. The van der Waals surface area contributed by atoms with E-state index in [1.807, 2.05) is 18.2 Å². The van der Waals surface area contributed by atoms with Gasteiger partial charge in [0.1, 0.15) is 5.71 Å². The predicted octanol–water partition coefficient (Wildman–Crippen LogP) is 0.567. The van der Waals surface area contributed by atoms with Crippen molar-refractivity contribution < 1.29 is 9.94 Å².